The van der Waals surface area contributed by atoms with E-state index in [1.165, 1.54) is 6.07 Å². The van der Waals surface area contributed by atoms with E-state index < -0.39 is 59.8 Å². The Bertz CT molecular complexity index is 916. The van der Waals surface area contributed by atoms with Gasteiger partial charge in [0.05, 0.1) is 5.69 Å². The molecule has 3 saturated heterocycles. The van der Waals surface area contributed by atoms with Gasteiger partial charge in [0, 0.05) is 31.7 Å². The summed E-state index contributed by atoms with van der Waals surface area (Å²) in [5, 5.41) is 2.52. The molecule has 1 aromatic rings. The molecule has 2 aliphatic carbocycles. The van der Waals surface area contributed by atoms with Crippen LogP contribution in [0.2, 0.25) is 0 Å². The lowest BCUT2D eigenvalue weighted by molar-refractivity contribution is -0.246. The highest BCUT2D eigenvalue weighted by Gasteiger charge is 2.65. The Labute approximate surface area is 191 Å². The third-order valence-corrected chi connectivity index (χ3v) is 7.56. The molecule has 0 aromatic heterocycles. The Hall–Kier alpha value is -1.65. The fraction of sp³-hybridized carbons (Fsp3) is 0.708. The largest absolute Gasteiger partial charge is 0.341 e. The number of carbonyl (C=O) groups excluding carboxylic acids is 1. The number of ether oxygens (including phenoxy) is 5. The monoisotopic (exact) mass is 465 g/mol. The summed E-state index contributed by atoms with van der Waals surface area (Å²) < 4.78 is 59.2. The average molecular weight is 465 g/mol. The molecule has 0 bridgehead atoms. The predicted octanol–water partition coefficient (Wildman–Crippen LogP) is 4.15. The van der Waals surface area contributed by atoms with E-state index in [0.717, 1.165) is 76.3 Å². The Balaban J connectivity index is 1.28. The zero-order chi connectivity index (χ0) is 22.6. The van der Waals surface area contributed by atoms with E-state index in [-0.39, 0.29) is 5.69 Å². The average Bonchev–Trinajstić information content (AvgIpc) is 3.34. The van der Waals surface area contributed by atoms with E-state index in [0.29, 0.717) is 0 Å². The van der Waals surface area contributed by atoms with Crippen LogP contribution in [0.4, 0.5) is 14.5 Å². The molecule has 33 heavy (non-hydrogen) atoms. The molecule has 180 valence electrons. The van der Waals surface area contributed by atoms with E-state index in [1.807, 2.05) is 0 Å². The summed E-state index contributed by atoms with van der Waals surface area (Å²) >= 11 is 0. The lowest BCUT2D eigenvalue weighted by Gasteiger charge is -2.36. The van der Waals surface area contributed by atoms with Gasteiger partial charge in [0.25, 0.3) is 5.91 Å². The molecule has 0 radical (unpaired) electrons. The van der Waals surface area contributed by atoms with Crippen LogP contribution in [0.15, 0.2) is 18.2 Å². The van der Waals surface area contributed by atoms with Gasteiger partial charge in [-0.1, -0.05) is 12.8 Å². The van der Waals surface area contributed by atoms with Crippen LogP contribution in [-0.2, 0) is 28.5 Å². The molecule has 7 nitrogen and oxygen atoms in total. The van der Waals surface area contributed by atoms with Gasteiger partial charge in [-0.2, -0.15) is 0 Å². The van der Waals surface area contributed by atoms with Crippen molar-refractivity contribution in [1.29, 1.82) is 0 Å². The number of halogens is 2. The minimum absolute atomic E-state index is 0.123. The number of hydrogen-bond acceptors (Lipinski definition) is 6. The number of anilines is 1. The second-order valence-electron chi connectivity index (χ2n) is 9.85. The summed E-state index contributed by atoms with van der Waals surface area (Å²) in [5.74, 6) is -3.65. The Kier molecular flexibility index (Phi) is 5.45. The normalized spacial score (nSPS) is 36.5. The third-order valence-electron chi connectivity index (χ3n) is 7.56. The molecular formula is C24H29F2NO6. The summed E-state index contributed by atoms with van der Waals surface area (Å²) in [4.78, 5) is 13.2. The molecule has 5 fully saturated rings. The molecule has 1 N–H and O–H groups in total. The summed E-state index contributed by atoms with van der Waals surface area (Å²) in [7, 11) is 0. The van der Waals surface area contributed by atoms with E-state index in [2.05, 4.69) is 5.32 Å². The first kappa shape index (κ1) is 21.9. The van der Waals surface area contributed by atoms with Crippen molar-refractivity contribution >= 4 is 11.6 Å². The smallest absolute Gasteiger partial charge is 0.256 e. The summed E-state index contributed by atoms with van der Waals surface area (Å²) in [6.07, 6.45) is 5.63. The number of carbonyl (C=O) groups is 1. The minimum Gasteiger partial charge on any atom is -0.341 e. The van der Waals surface area contributed by atoms with Crippen molar-refractivity contribution in [1.82, 2.24) is 0 Å². The first-order chi connectivity index (χ1) is 16.0. The van der Waals surface area contributed by atoms with Crippen molar-refractivity contribution in [3.05, 3.63) is 29.8 Å². The lowest BCUT2D eigenvalue weighted by atomic mass is 9.94. The van der Waals surface area contributed by atoms with Crippen LogP contribution in [0, 0.1) is 11.6 Å². The van der Waals surface area contributed by atoms with E-state index in [4.69, 9.17) is 23.7 Å². The third kappa shape index (κ3) is 3.87. The number of benzene rings is 1. The van der Waals surface area contributed by atoms with Gasteiger partial charge < -0.3 is 29.0 Å². The molecule has 2 saturated carbocycles. The highest BCUT2D eigenvalue weighted by Crippen LogP contribution is 2.51. The summed E-state index contributed by atoms with van der Waals surface area (Å²) in [6.45, 7) is 0. The van der Waals surface area contributed by atoms with Crippen LogP contribution in [0.5, 0.6) is 0 Å². The van der Waals surface area contributed by atoms with Crippen molar-refractivity contribution in [3.63, 3.8) is 0 Å². The van der Waals surface area contributed by atoms with Gasteiger partial charge in [-0.25, -0.2) is 8.78 Å². The van der Waals surface area contributed by atoms with Crippen molar-refractivity contribution in [2.24, 2.45) is 0 Å². The van der Waals surface area contributed by atoms with Crippen molar-refractivity contribution in [2.45, 2.75) is 106 Å². The second kappa shape index (κ2) is 8.23. The van der Waals surface area contributed by atoms with E-state index in [1.54, 1.807) is 0 Å². The van der Waals surface area contributed by atoms with Gasteiger partial charge in [0.1, 0.15) is 29.9 Å². The van der Waals surface area contributed by atoms with Crippen LogP contribution in [-0.4, -0.2) is 48.2 Å². The van der Waals surface area contributed by atoms with Crippen molar-refractivity contribution in [3.8, 4) is 0 Å². The Morgan fingerprint density at radius 1 is 0.818 bits per heavy atom. The first-order valence-electron chi connectivity index (χ1n) is 12.1. The first-order valence-corrected chi connectivity index (χ1v) is 12.1. The molecule has 6 rings (SSSR count). The van der Waals surface area contributed by atoms with Crippen molar-refractivity contribution in [2.75, 3.05) is 5.32 Å². The fourth-order valence-corrected chi connectivity index (χ4v) is 5.96. The standard InChI is InChI=1S/C24H29F2NO6/c25-14-7-8-16(15(26)13-14)27-21(28)19-17-18(31-23(30-17)9-3-1-4-10-23)20-22(29-19)33-24(32-20)11-5-2-6-12-24/h7-8,13,17-20,22H,1-6,9-12H2,(H,27,28)/t17-,18-,19+,20+,22+/m0/s1. The maximum atomic E-state index is 14.2. The van der Waals surface area contributed by atoms with Gasteiger partial charge in [-0.05, 0) is 37.8 Å². The molecule has 1 aromatic carbocycles. The highest BCUT2D eigenvalue weighted by molar-refractivity contribution is 5.95. The van der Waals surface area contributed by atoms with Crippen LogP contribution < -0.4 is 5.32 Å². The van der Waals surface area contributed by atoms with Crippen LogP contribution in [0.25, 0.3) is 0 Å². The second-order valence-corrected chi connectivity index (χ2v) is 9.85. The quantitative estimate of drug-likeness (QED) is 0.708. The van der Waals surface area contributed by atoms with Gasteiger partial charge >= 0.3 is 0 Å². The molecule has 0 unspecified atom stereocenters. The number of hydrogen-bond donors (Lipinski definition) is 1. The molecule has 5 atom stereocenters. The van der Waals surface area contributed by atoms with Crippen LogP contribution in [0.3, 0.4) is 0 Å². The summed E-state index contributed by atoms with van der Waals surface area (Å²) in [6, 6.07) is 3.00. The van der Waals surface area contributed by atoms with E-state index in [9.17, 15) is 13.6 Å². The lowest BCUT2D eigenvalue weighted by Crippen LogP contribution is -2.58. The number of fused-ring (bicyclic) bond motifs is 3. The fourth-order valence-electron chi connectivity index (χ4n) is 5.96. The maximum Gasteiger partial charge on any atom is 0.256 e. The highest BCUT2D eigenvalue weighted by atomic mass is 19.1. The van der Waals surface area contributed by atoms with Gasteiger partial charge in [0.15, 0.2) is 24.0 Å². The molecule has 9 heteroatoms. The Morgan fingerprint density at radius 2 is 1.42 bits per heavy atom. The van der Waals surface area contributed by atoms with Crippen LogP contribution in [0.1, 0.15) is 64.2 Å². The SMILES string of the molecule is O=C(Nc1ccc(F)cc1F)[C@@H]1O[C@@H]2OC3(CCCCC3)O[C@@H]2[C@H]2OC3(CCCCC3)O[C@@H]21. The molecule has 2 spiro atoms. The van der Waals surface area contributed by atoms with Crippen LogP contribution >= 0.6 is 0 Å². The number of amides is 1. The zero-order valence-electron chi connectivity index (χ0n) is 18.4. The minimum atomic E-state index is -1.08. The summed E-state index contributed by atoms with van der Waals surface area (Å²) in [5.41, 5.74) is -0.123. The molecule has 3 heterocycles. The number of nitrogens with one attached hydrogen (secondary N) is 1. The molecule has 3 aliphatic heterocycles. The zero-order valence-corrected chi connectivity index (χ0v) is 18.4. The molecule has 5 aliphatic rings. The predicted molar refractivity (Wildman–Crippen MR) is 111 cm³/mol. The number of rotatable bonds is 2. The molecular weight excluding hydrogens is 436 g/mol. The van der Waals surface area contributed by atoms with Gasteiger partial charge in [-0.15, -0.1) is 0 Å². The maximum absolute atomic E-state index is 14.2. The molecule has 1 amide bonds. The van der Waals surface area contributed by atoms with Crippen molar-refractivity contribution < 1.29 is 37.3 Å². The van der Waals surface area contributed by atoms with Gasteiger partial charge in [0.2, 0.25) is 0 Å². The van der Waals surface area contributed by atoms with E-state index >= 15 is 0 Å². The van der Waals surface area contributed by atoms with Gasteiger partial charge in [-0.3, -0.25) is 4.79 Å². The Morgan fingerprint density at radius 3 is 2.09 bits per heavy atom. The topological polar surface area (TPSA) is 75.3 Å².